The number of likely N-dealkylation sites (tertiary alicyclic amines) is 1. The van der Waals surface area contributed by atoms with Crippen molar-refractivity contribution in [2.24, 2.45) is 5.92 Å². The lowest BCUT2D eigenvalue weighted by Crippen LogP contribution is -2.40. The molecule has 0 saturated carbocycles. The van der Waals surface area contributed by atoms with E-state index in [0.29, 0.717) is 12.5 Å². The zero-order valence-corrected chi connectivity index (χ0v) is 14.6. The third-order valence-electron chi connectivity index (χ3n) is 4.44. The zero-order valence-electron chi connectivity index (χ0n) is 14.6. The van der Waals surface area contributed by atoms with Crippen LogP contribution in [0.1, 0.15) is 25.3 Å². The number of piperidine rings is 1. The number of pyridine rings is 1. The van der Waals surface area contributed by atoms with Crippen LogP contribution in [0, 0.1) is 5.92 Å². The first kappa shape index (κ1) is 17.4. The summed E-state index contributed by atoms with van der Waals surface area (Å²) < 4.78 is 5.61. The predicted molar refractivity (Wildman–Crippen MR) is 98.5 cm³/mol. The van der Waals surface area contributed by atoms with Crippen molar-refractivity contribution in [3.63, 3.8) is 0 Å². The Balaban J connectivity index is 1.60. The molecular formula is C20H25N3O2. The third kappa shape index (κ3) is 4.79. The highest BCUT2D eigenvalue weighted by Crippen LogP contribution is 2.23. The van der Waals surface area contributed by atoms with Crippen molar-refractivity contribution >= 4 is 11.6 Å². The summed E-state index contributed by atoms with van der Waals surface area (Å²) in [5.74, 6) is 0.814. The van der Waals surface area contributed by atoms with E-state index in [-0.39, 0.29) is 11.8 Å². The number of amides is 1. The Morgan fingerprint density at radius 3 is 2.92 bits per heavy atom. The van der Waals surface area contributed by atoms with Crippen LogP contribution in [0.2, 0.25) is 0 Å². The van der Waals surface area contributed by atoms with Gasteiger partial charge in [0.1, 0.15) is 0 Å². The molecule has 2 aromatic rings. The number of rotatable bonds is 6. The van der Waals surface area contributed by atoms with Crippen LogP contribution in [0.25, 0.3) is 0 Å². The number of ether oxygens (including phenoxy) is 1. The van der Waals surface area contributed by atoms with E-state index in [4.69, 9.17) is 4.74 Å². The molecule has 25 heavy (non-hydrogen) atoms. The number of hydrogen-bond acceptors (Lipinski definition) is 4. The second-order valence-electron chi connectivity index (χ2n) is 6.33. The monoisotopic (exact) mass is 339 g/mol. The first-order valence-electron chi connectivity index (χ1n) is 8.91. The van der Waals surface area contributed by atoms with Gasteiger partial charge in [0.2, 0.25) is 11.8 Å². The van der Waals surface area contributed by atoms with E-state index < -0.39 is 0 Å². The van der Waals surface area contributed by atoms with Crippen LogP contribution in [-0.2, 0) is 11.3 Å². The average molecular weight is 339 g/mol. The van der Waals surface area contributed by atoms with Crippen molar-refractivity contribution in [2.45, 2.75) is 26.3 Å². The van der Waals surface area contributed by atoms with Crippen molar-refractivity contribution < 1.29 is 9.53 Å². The summed E-state index contributed by atoms with van der Waals surface area (Å²) in [6.45, 7) is 5.09. The van der Waals surface area contributed by atoms with Gasteiger partial charge in [-0.25, -0.2) is 4.98 Å². The van der Waals surface area contributed by atoms with Gasteiger partial charge in [-0.05, 0) is 44.5 Å². The molecule has 1 aromatic heterocycles. The SMILES string of the molecule is CCOc1ncccc1CN1CCCC(C(=O)Nc2ccccc2)C1. The summed E-state index contributed by atoms with van der Waals surface area (Å²) in [7, 11) is 0. The first-order chi connectivity index (χ1) is 12.3. The molecule has 1 N–H and O–H groups in total. The smallest absolute Gasteiger partial charge is 0.228 e. The molecule has 132 valence electrons. The molecule has 3 rings (SSSR count). The van der Waals surface area contributed by atoms with Gasteiger partial charge in [-0.1, -0.05) is 24.3 Å². The number of aromatic nitrogens is 1. The molecule has 5 nitrogen and oxygen atoms in total. The molecular weight excluding hydrogens is 314 g/mol. The Morgan fingerprint density at radius 2 is 2.12 bits per heavy atom. The molecule has 1 saturated heterocycles. The van der Waals surface area contributed by atoms with Gasteiger partial charge < -0.3 is 10.1 Å². The van der Waals surface area contributed by atoms with Crippen LogP contribution in [-0.4, -0.2) is 35.5 Å². The number of carbonyl (C=O) groups excluding carboxylic acids is 1. The maximum Gasteiger partial charge on any atom is 0.228 e. The molecule has 1 unspecified atom stereocenters. The van der Waals surface area contributed by atoms with Gasteiger partial charge in [-0.2, -0.15) is 0 Å². The topological polar surface area (TPSA) is 54.5 Å². The van der Waals surface area contributed by atoms with Crippen molar-refractivity contribution in [3.05, 3.63) is 54.2 Å². The Labute approximate surface area is 149 Å². The molecule has 0 spiro atoms. The average Bonchev–Trinajstić information content (AvgIpc) is 2.65. The van der Waals surface area contributed by atoms with Crippen LogP contribution in [0.4, 0.5) is 5.69 Å². The predicted octanol–water partition coefficient (Wildman–Crippen LogP) is 3.33. The summed E-state index contributed by atoms with van der Waals surface area (Å²) in [6.07, 6.45) is 3.71. The lowest BCUT2D eigenvalue weighted by atomic mass is 9.96. The number of anilines is 1. The van der Waals surface area contributed by atoms with E-state index in [1.807, 2.05) is 49.4 Å². The van der Waals surface area contributed by atoms with Crippen molar-refractivity contribution in [1.82, 2.24) is 9.88 Å². The van der Waals surface area contributed by atoms with Gasteiger partial charge in [-0.15, -0.1) is 0 Å². The number of carbonyl (C=O) groups is 1. The number of benzene rings is 1. The van der Waals surface area contributed by atoms with Crippen LogP contribution < -0.4 is 10.1 Å². The number of nitrogens with one attached hydrogen (secondary N) is 1. The molecule has 1 aromatic carbocycles. The highest BCUT2D eigenvalue weighted by Gasteiger charge is 2.26. The van der Waals surface area contributed by atoms with Gasteiger partial charge in [0.15, 0.2) is 0 Å². The molecule has 0 aliphatic carbocycles. The molecule has 0 radical (unpaired) electrons. The molecule has 1 aliphatic heterocycles. The molecule has 5 heteroatoms. The molecule has 2 heterocycles. The van der Waals surface area contributed by atoms with E-state index >= 15 is 0 Å². The van der Waals surface area contributed by atoms with Gasteiger partial charge in [0.05, 0.1) is 12.5 Å². The highest BCUT2D eigenvalue weighted by atomic mass is 16.5. The lowest BCUT2D eigenvalue weighted by molar-refractivity contribution is -0.121. The van der Waals surface area contributed by atoms with Crippen LogP contribution in [0.3, 0.4) is 0 Å². The lowest BCUT2D eigenvalue weighted by Gasteiger charge is -2.32. The summed E-state index contributed by atoms with van der Waals surface area (Å²) in [4.78, 5) is 19.2. The van der Waals surface area contributed by atoms with E-state index in [2.05, 4.69) is 15.2 Å². The van der Waals surface area contributed by atoms with Crippen LogP contribution in [0.5, 0.6) is 5.88 Å². The number of para-hydroxylation sites is 1. The maximum atomic E-state index is 12.6. The largest absolute Gasteiger partial charge is 0.478 e. The van der Waals surface area contributed by atoms with Crippen LogP contribution >= 0.6 is 0 Å². The molecule has 1 aliphatic rings. The Kier molecular flexibility index (Phi) is 6.01. The summed E-state index contributed by atoms with van der Waals surface area (Å²) in [6, 6.07) is 13.6. The summed E-state index contributed by atoms with van der Waals surface area (Å²) >= 11 is 0. The van der Waals surface area contributed by atoms with Gasteiger partial charge in [0, 0.05) is 30.5 Å². The first-order valence-corrected chi connectivity index (χ1v) is 8.91. The fourth-order valence-corrected chi connectivity index (χ4v) is 3.23. The van der Waals surface area contributed by atoms with Gasteiger partial charge in [0.25, 0.3) is 0 Å². The second kappa shape index (κ2) is 8.62. The Morgan fingerprint density at radius 1 is 1.28 bits per heavy atom. The Bertz CT molecular complexity index is 690. The summed E-state index contributed by atoms with van der Waals surface area (Å²) in [5.41, 5.74) is 1.93. The van der Waals surface area contributed by atoms with Gasteiger partial charge >= 0.3 is 0 Å². The van der Waals surface area contributed by atoms with Gasteiger partial charge in [-0.3, -0.25) is 9.69 Å². The minimum absolute atomic E-state index is 0.0150. The van der Waals surface area contributed by atoms with Crippen molar-refractivity contribution in [2.75, 3.05) is 25.0 Å². The molecule has 1 atom stereocenters. The van der Waals surface area contributed by atoms with E-state index in [9.17, 15) is 4.79 Å². The molecule has 1 fully saturated rings. The molecule has 0 bridgehead atoms. The summed E-state index contributed by atoms with van der Waals surface area (Å²) in [5, 5.41) is 3.03. The second-order valence-corrected chi connectivity index (χ2v) is 6.33. The maximum absolute atomic E-state index is 12.6. The Hall–Kier alpha value is -2.40. The van der Waals surface area contributed by atoms with Crippen molar-refractivity contribution in [3.8, 4) is 5.88 Å². The van der Waals surface area contributed by atoms with Crippen LogP contribution in [0.15, 0.2) is 48.7 Å². The molecule has 1 amide bonds. The van der Waals surface area contributed by atoms with E-state index in [1.165, 1.54) is 0 Å². The fourth-order valence-electron chi connectivity index (χ4n) is 3.23. The minimum atomic E-state index is 0.0150. The van der Waals surface area contributed by atoms with E-state index in [0.717, 1.165) is 43.7 Å². The third-order valence-corrected chi connectivity index (χ3v) is 4.44. The quantitative estimate of drug-likeness (QED) is 0.877. The minimum Gasteiger partial charge on any atom is -0.478 e. The standard InChI is InChI=1S/C20H25N3O2/c1-2-25-20-17(8-6-12-21-20)15-23-13-7-9-16(14-23)19(24)22-18-10-4-3-5-11-18/h3-6,8,10-12,16H,2,7,9,13-15H2,1H3,(H,22,24). The zero-order chi connectivity index (χ0) is 17.5. The normalized spacial score (nSPS) is 17.9. The van der Waals surface area contributed by atoms with Crippen molar-refractivity contribution in [1.29, 1.82) is 0 Å². The van der Waals surface area contributed by atoms with E-state index in [1.54, 1.807) is 6.20 Å². The highest BCUT2D eigenvalue weighted by molar-refractivity contribution is 5.92. The number of nitrogens with zero attached hydrogens (tertiary/aromatic N) is 2. The fraction of sp³-hybridized carbons (Fsp3) is 0.400. The number of hydrogen-bond donors (Lipinski definition) is 1.